The van der Waals surface area contributed by atoms with E-state index in [0.717, 1.165) is 47.5 Å². The molecule has 2 aromatic heterocycles. The van der Waals surface area contributed by atoms with Crippen LogP contribution in [0.3, 0.4) is 0 Å². The zero-order chi connectivity index (χ0) is 27.4. The van der Waals surface area contributed by atoms with Crippen molar-refractivity contribution in [3.8, 4) is 0 Å². The van der Waals surface area contributed by atoms with Gasteiger partial charge in [0.05, 0.1) is 11.4 Å². The summed E-state index contributed by atoms with van der Waals surface area (Å²) in [6.45, 7) is 9.65. The van der Waals surface area contributed by atoms with Gasteiger partial charge in [0.1, 0.15) is 10.6 Å². The number of nitrogens with zero attached hydrogens (tertiary/aromatic N) is 3. The van der Waals surface area contributed by atoms with Gasteiger partial charge >= 0.3 is 18.1 Å². The molecule has 0 aliphatic rings. The average molecular weight is 553 g/mol. The summed E-state index contributed by atoms with van der Waals surface area (Å²) in [4.78, 5) is 27.3. The lowest BCUT2D eigenvalue weighted by Gasteiger charge is -2.22. The summed E-state index contributed by atoms with van der Waals surface area (Å²) in [5.41, 5.74) is 2.10. The number of halogens is 3. The Labute approximate surface area is 217 Å². The van der Waals surface area contributed by atoms with Gasteiger partial charge < -0.3 is 15.1 Å². The van der Waals surface area contributed by atoms with Gasteiger partial charge in [-0.1, -0.05) is 51.3 Å². The highest BCUT2D eigenvalue weighted by Crippen LogP contribution is 2.34. The van der Waals surface area contributed by atoms with Gasteiger partial charge in [0.25, 0.3) is 0 Å². The van der Waals surface area contributed by atoms with E-state index in [2.05, 4.69) is 40.0 Å². The zero-order valence-electron chi connectivity index (χ0n) is 21.0. The highest BCUT2D eigenvalue weighted by Gasteiger charge is 2.38. The van der Waals surface area contributed by atoms with Gasteiger partial charge in [-0.15, -0.1) is 11.3 Å². The van der Waals surface area contributed by atoms with E-state index in [1.54, 1.807) is 13.8 Å². The molecule has 0 bridgehead atoms. The van der Waals surface area contributed by atoms with Crippen molar-refractivity contribution in [3.05, 3.63) is 22.8 Å². The molecule has 2 rings (SSSR count). The van der Waals surface area contributed by atoms with Gasteiger partial charge in [-0.3, -0.25) is 9.89 Å². The summed E-state index contributed by atoms with van der Waals surface area (Å²) >= 11 is 2.84. The molecule has 3 N–H and O–H groups in total. The molecule has 8 nitrogen and oxygen atoms in total. The van der Waals surface area contributed by atoms with Gasteiger partial charge in [0.15, 0.2) is 4.34 Å². The van der Waals surface area contributed by atoms with Gasteiger partial charge in [-0.2, -0.15) is 18.3 Å². The van der Waals surface area contributed by atoms with Crippen molar-refractivity contribution < 1.29 is 33.0 Å². The van der Waals surface area contributed by atoms with Crippen LogP contribution >= 0.6 is 23.1 Å². The third kappa shape index (κ3) is 11.6. The molecule has 0 aromatic carbocycles. The minimum atomic E-state index is -5.08. The van der Waals surface area contributed by atoms with Crippen molar-refractivity contribution in [3.63, 3.8) is 0 Å². The molecule has 2 heterocycles. The number of H-pyrrole nitrogens is 1. The van der Waals surface area contributed by atoms with Crippen LogP contribution in [0.2, 0.25) is 0 Å². The van der Waals surface area contributed by atoms with Crippen molar-refractivity contribution in [2.45, 2.75) is 87.9 Å². The second kappa shape index (κ2) is 15.1. The maximum Gasteiger partial charge on any atom is 0.490 e. The SMILES string of the molecule is CCCCCCCN(CCc1csc(SC(C)(C)C(=O)O)n1)c1cc(CC)n[nH]1.O=C(O)C(F)(F)F. The van der Waals surface area contributed by atoms with Crippen molar-refractivity contribution in [1.29, 1.82) is 0 Å². The Morgan fingerprint density at radius 3 is 2.22 bits per heavy atom. The van der Waals surface area contributed by atoms with E-state index in [4.69, 9.17) is 9.90 Å². The van der Waals surface area contributed by atoms with Crippen LogP contribution in [0.1, 0.15) is 71.2 Å². The lowest BCUT2D eigenvalue weighted by molar-refractivity contribution is -0.192. The van der Waals surface area contributed by atoms with E-state index < -0.39 is 22.9 Å². The fourth-order valence-electron chi connectivity index (χ4n) is 2.92. The number of alkyl halides is 3. The Hall–Kier alpha value is -2.28. The number of aromatic amines is 1. The number of thiazole rings is 1. The third-order valence-electron chi connectivity index (χ3n) is 5.12. The first-order valence-corrected chi connectivity index (χ1v) is 13.5. The fourth-order valence-corrected chi connectivity index (χ4v) is 5.14. The molecule has 0 radical (unpaired) electrons. The number of hydrogen-bond donors (Lipinski definition) is 3. The number of aryl methyl sites for hydroxylation is 1. The quantitative estimate of drug-likeness (QED) is 0.192. The van der Waals surface area contributed by atoms with Crippen molar-refractivity contribution in [2.75, 3.05) is 18.0 Å². The van der Waals surface area contributed by atoms with Crippen molar-refractivity contribution in [2.24, 2.45) is 0 Å². The van der Waals surface area contributed by atoms with E-state index in [1.807, 2.05) is 5.38 Å². The van der Waals surface area contributed by atoms with E-state index in [-0.39, 0.29) is 0 Å². The lowest BCUT2D eigenvalue weighted by Crippen LogP contribution is -2.27. The molecule has 0 atom stereocenters. The Bertz CT molecular complexity index is 948. The van der Waals surface area contributed by atoms with Crippen LogP contribution < -0.4 is 4.90 Å². The molecule has 0 amide bonds. The summed E-state index contributed by atoms with van der Waals surface area (Å²) in [6, 6.07) is 2.14. The zero-order valence-corrected chi connectivity index (χ0v) is 22.7. The van der Waals surface area contributed by atoms with E-state index in [9.17, 15) is 23.1 Å². The lowest BCUT2D eigenvalue weighted by atomic mass is 10.1. The highest BCUT2D eigenvalue weighted by atomic mass is 32.2. The molecular weight excluding hydrogens is 517 g/mol. The summed E-state index contributed by atoms with van der Waals surface area (Å²) in [5, 5.41) is 26.1. The van der Waals surface area contributed by atoms with Crippen molar-refractivity contribution in [1.82, 2.24) is 15.2 Å². The van der Waals surface area contributed by atoms with Crippen molar-refractivity contribution >= 4 is 40.9 Å². The average Bonchev–Trinajstić information content (AvgIpc) is 3.44. The van der Waals surface area contributed by atoms with Crippen LogP contribution in [-0.4, -0.2) is 61.3 Å². The molecule has 0 aliphatic heterocycles. The maximum atomic E-state index is 11.3. The molecule has 0 saturated heterocycles. The molecule has 0 saturated carbocycles. The largest absolute Gasteiger partial charge is 0.490 e. The topological polar surface area (TPSA) is 119 Å². The summed E-state index contributed by atoms with van der Waals surface area (Å²) in [7, 11) is 0. The number of carboxylic acid groups (broad SMARTS) is 2. The smallest absolute Gasteiger partial charge is 0.480 e. The molecular formula is C23H35F3N4O4S2. The van der Waals surface area contributed by atoms with E-state index >= 15 is 0 Å². The Balaban J connectivity index is 0.000000809. The molecule has 0 spiro atoms. The summed E-state index contributed by atoms with van der Waals surface area (Å²) < 4.78 is 31.7. The third-order valence-corrected chi connectivity index (χ3v) is 7.29. The van der Waals surface area contributed by atoms with Crippen LogP contribution in [0.4, 0.5) is 19.0 Å². The summed E-state index contributed by atoms with van der Waals surface area (Å²) in [5.74, 6) is -2.50. The first-order valence-electron chi connectivity index (χ1n) is 11.8. The monoisotopic (exact) mass is 552 g/mol. The first kappa shape index (κ1) is 31.7. The number of anilines is 1. The number of nitrogens with one attached hydrogen (secondary N) is 1. The normalized spacial score (nSPS) is 11.6. The van der Waals surface area contributed by atoms with Crippen LogP contribution in [0.25, 0.3) is 0 Å². The predicted molar refractivity (Wildman–Crippen MR) is 136 cm³/mol. The van der Waals surface area contributed by atoms with E-state index in [1.165, 1.54) is 55.2 Å². The Kier molecular flexibility index (Phi) is 13.3. The highest BCUT2D eigenvalue weighted by molar-refractivity contribution is 8.02. The number of thioether (sulfide) groups is 1. The molecule has 13 heteroatoms. The Morgan fingerprint density at radius 2 is 1.69 bits per heavy atom. The standard InChI is InChI=1S/C21H34N4O2S2.C2HF3O2/c1-5-7-8-9-10-12-25(18-14-16(6-2)23-24-18)13-11-17-15-28-20(22-17)29-21(3,4)19(26)27;3-2(4,5)1(6)7/h14-15H,5-13H2,1-4H3,(H,23,24)(H,26,27);(H,6,7). The number of carboxylic acids is 2. The Morgan fingerprint density at radius 1 is 1.06 bits per heavy atom. The fraction of sp³-hybridized carbons (Fsp3) is 0.652. The molecule has 0 unspecified atom stereocenters. The van der Waals surface area contributed by atoms with Gasteiger partial charge in [0.2, 0.25) is 0 Å². The predicted octanol–water partition coefficient (Wildman–Crippen LogP) is 6.04. The number of unbranched alkanes of at least 4 members (excludes halogenated alkanes) is 4. The minimum absolute atomic E-state index is 0.813. The van der Waals surface area contributed by atoms with Crippen LogP contribution in [0.15, 0.2) is 15.8 Å². The molecule has 2 aromatic rings. The second-order valence-corrected chi connectivity index (χ2v) is 11.3. The molecule has 36 heavy (non-hydrogen) atoms. The minimum Gasteiger partial charge on any atom is -0.480 e. The number of hydrogen-bond acceptors (Lipinski definition) is 7. The van der Waals surface area contributed by atoms with Gasteiger partial charge in [-0.05, 0) is 26.7 Å². The van der Waals surface area contributed by atoms with Crippen LogP contribution in [-0.2, 0) is 22.4 Å². The summed E-state index contributed by atoms with van der Waals surface area (Å²) in [6.07, 6.45) is 2.95. The number of rotatable bonds is 14. The molecule has 0 aliphatic carbocycles. The van der Waals surface area contributed by atoms with Gasteiger partial charge in [0, 0.05) is 31.0 Å². The number of carbonyl (C=O) groups is 2. The maximum absolute atomic E-state index is 11.3. The molecule has 204 valence electrons. The van der Waals surface area contributed by atoms with Crippen LogP contribution in [0, 0.1) is 0 Å². The second-order valence-electron chi connectivity index (χ2n) is 8.57. The van der Waals surface area contributed by atoms with Crippen LogP contribution in [0.5, 0.6) is 0 Å². The number of aromatic nitrogens is 3. The number of aliphatic carboxylic acids is 2. The van der Waals surface area contributed by atoms with E-state index in [0.29, 0.717) is 0 Å². The first-order chi connectivity index (χ1) is 16.8. The van der Waals surface area contributed by atoms with Gasteiger partial charge in [-0.25, -0.2) is 9.78 Å². The molecule has 0 fully saturated rings.